The fraction of sp³-hybridized carbons (Fsp3) is 0.160. The molecule has 1 aromatic heterocycles. The Hall–Kier alpha value is -3.93. The number of hydrogen-bond donors (Lipinski definition) is 1. The van der Waals surface area contributed by atoms with Crippen LogP contribution in [0, 0.1) is 0 Å². The molecule has 6 nitrogen and oxygen atoms in total. The summed E-state index contributed by atoms with van der Waals surface area (Å²) in [4.78, 5) is 12.7. The number of nitrogens with one attached hydrogen (secondary N) is 1. The number of carbonyl (C=O) groups is 1. The van der Waals surface area contributed by atoms with Crippen LogP contribution in [0.2, 0.25) is 0 Å². The van der Waals surface area contributed by atoms with Crippen molar-refractivity contribution in [3.63, 3.8) is 0 Å². The third kappa shape index (κ3) is 4.64. The highest BCUT2D eigenvalue weighted by Crippen LogP contribution is 2.30. The molecular weight excluding hydrogens is 392 g/mol. The molecule has 0 radical (unpaired) electrons. The summed E-state index contributed by atoms with van der Waals surface area (Å²) in [5.74, 6) is 1.83. The first kappa shape index (κ1) is 20.3. The maximum atomic E-state index is 12.7. The van der Waals surface area contributed by atoms with E-state index in [-0.39, 0.29) is 12.5 Å². The minimum Gasteiger partial charge on any atom is -0.497 e. The zero-order chi connectivity index (χ0) is 21.6. The molecule has 6 heteroatoms. The monoisotopic (exact) mass is 416 g/mol. The Morgan fingerprint density at radius 1 is 0.903 bits per heavy atom. The molecule has 0 unspecified atom stereocenters. The highest BCUT2D eigenvalue weighted by molar-refractivity contribution is 5.94. The number of ether oxygens (including phenoxy) is 3. The molecule has 0 aliphatic carbocycles. The Balaban J connectivity index is 1.50. The minimum absolute atomic E-state index is 0.159. The molecule has 4 rings (SSSR count). The maximum Gasteiger partial charge on any atom is 0.244 e. The number of hydrogen-bond acceptors (Lipinski definition) is 4. The maximum absolute atomic E-state index is 12.7. The van der Waals surface area contributed by atoms with Crippen molar-refractivity contribution in [2.45, 2.75) is 13.2 Å². The van der Waals surface area contributed by atoms with E-state index in [2.05, 4.69) is 5.32 Å². The van der Waals surface area contributed by atoms with E-state index in [1.165, 1.54) is 0 Å². The Morgan fingerprint density at radius 3 is 2.52 bits per heavy atom. The first-order chi connectivity index (χ1) is 15.2. The van der Waals surface area contributed by atoms with Gasteiger partial charge in [0.2, 0.25) is 5.91 Å². The van der Waals surface area contributed by atoms with E-state index >= 15 is 0 Å². The average Bonchev–Trinajstić information content (AvgIpc) is 3.21. The first-order valence-electron chi connectivity index (χ1n) is 9.94. The van der Waals surface area contributed by atoms with Gasteiger partial charge in [-0.2, -0.15) is 0 Å². The second kappa shape index (κ2) is 9.26. The lowest BCUT2D eigenvalue weighted by Gasteiger charge is -2.13. The van der Waals surface area contributed by atoms with Crippen molar-refractivity contribution in [2.75, 3.05) is 19.5 Å². The van der Waals surface area contributed by atoms with Gasteiger partial charge >= 0.3 is 0 Å². The summed E-state index contributed by atoms with van der Waals surface area (Å²) in [5, 5.41) is 3.87. The van der Waals surface area contributed by atoms with E-state index in [0.717, 1.165) is 22.2 Å². The summed E-state index contributed by atoms with van der Waals surface area (Å²) < 4.78 is 18.5. The predicted octanol–water partition coefficient (Wildman–Crippen LogP) is 4.88. The van der Waals surface area contributed by atoms with Gasteiger partial charge < -0.3 is 24.1 Å². The predicted molar refractivity (Wildman–Crippen MR) is 121 cm³/mol. The number of rotatable bonds is 8. The van der Waals surface area contributed by atoms with Gasteiger partial charge in [-0.3, -0.25) is 4.79 Å². The number of aromatic nitrogens is 1. The molecule has 31 heavy (non-hydrogen) atoms. The van der Waals surface area contributed by atoms with E-state index in [1.807, 2.05) is 65.4 Å². The zero-order valence-corrected chi connectivity index (χ0v) is 17.5. The number of anilines is 1. The Kier molecular flexibility index (Phi) is 6.08. The van der Waals surface area contributed by atoms with Crippen LogP contribution < -0.4 is 19.5 Å². The number of benzene rings is 3. The summed E-state index contributed by atoms with van der Waals surface area (Å²) in [6.07, 6.45) is 1.89. The molecule has 1 heterocycles. The fourth-order valence-corrected chi connectivity index (χ4v) is 3.45. The molecule has 1 N–H and O–H groups in total. The van der Waals surface area contributed by atoms with Gasteiger partial charge in [-0.1, -0.05) is 36.4 Å². The number of amides is 1. The van der Waals surface area contributed by atoms with E-state index in [9.17, 15) is 4.79 Å². The van der Waals surface area contributed by atoms with Crippen molar-refractivity contribution in [2.24, 2.45) is 0 Å². The van der Waals surface area contributed by atoms with Crippen LogP contribution in [0.1, 0.15) is 5.56 Å². The molecule has 0 aliphatic rings. The number of methoxy groups -OCH3 is 2. The highest BCUT2D eigenvalue weighted by Gasteiger charge is 2.12. The third-order valence-electron chi connectivity index (χ3n) is 5.01. The van der Waals surface area contributed by atoms with Gasteiger partial charge in [-0.25, -0.2) is 0 Å². The van der Waals surface area contributed by atoms with E-state index < -0.39 is 0 Å². The lowest BCUT2D eigenvalue weighted by atomic mass is 10.2. The minimum atomic E-state index is -0.167. The molecule has 158 valence electrons. The Bertz CT molecular complexity index is 1180. The zero-order valence-electron chi connectivity index (χ0n) is 17.5. The summed E-state index contributed by atoms with van der Waals surface area (Å²) >= 11 is 0. The summed E-state index contributed by atoms with van der Waals surface area (Å²) in [5.41, 5.74) is 2.60. The van der Waals surface area contributed by atoms with Gasteiger partial charge in [0.05, 0.1) is 25.4 Å². The third-order valence-corrected chi connectivity index (χ3v) is 5.01. The van der Waals surface area contributed by atoms with Crippen LogP contribution in [-0.4, -0.2) is 24.7 Å². The highest BCUT2D eigenvalue weighted by atomic mass is 16.5. The van der Waals surface area contributed by atoms with Gasteiger partial charge in [0.25, 0.3) is 0 Å². The lowest BCUT2D eigenvalue weighted by molar-refractivity contribution is -0.116. The number of carbonyl (C=O) groups excluding carboxylic acids is 1. The van der Waals surface area contributed by atoms with Crippen molar-refractivity contribution >= 4 is 22.5 Å². The van der Waals surface area contributed by atoms with Crippen LogP contribution in [0.5, 0.6) is 17.2 Å². The van der Waals surface area contributed by atoms with E-state index in [1.54, 1.807) is 32.4 Å². The topological polar surface area (TPSA) is 61.7 Å². The van der Waals surface area contributed by atoms with Gasteiger partial charge in [-0.05, 0) is 35.9 Å². The van der Waals surface area contributed by atoms with Crippen LogP contribution >= 0.6 is 0 Å². The molecule has 0 atom stereocenters. The van der Waals surface area contributed by atoms with Crippen LogP contribution in [0.3, 0.4) is 0 Å². The van der Waals surface area contributed by atoms with Crippen LogP contribution in [-0.2, 0) is 17.9 Å². The average molecular weight is 416 g/mol. The summed E-state index contributed by atoms with van der Waals surface area (Å²) in [6.45, 7) is 0.646. The molecule has 4 aromatic rings. The standard InChI is InChI=1S/C25H24N2O4/c1-29-19-11-12-24(30-2)21(15-19)26-25(28)16-27-14-13-20-22(27)9-6-10-23(20)31-17-18-7-4-3-5-8-18/h3-15H,16-17H2,1-2H3,(H,26,28). The van der Waals surface area contributed by atoms with Crippen molar-refractivity contribution in [3.8, 4) is 17.2 Å². The Labute approximate surface area is 181 Å². The lowest BCUT2D eigenvalue weighted by Crippen LogP contribution is -2.18. The summed E-state index contributed by atoms with van der Waals surface area (Å²) in [6, 6.07) is 23.1. The molecule has 0 saturated carbocycles. The normalized spacial score (nSPS) is 10.6. The van der Waals surface area contributed by atoms with Crippen molar-refractivity contribution < 1.29 is 19.0 Å². The van der Waals surface area contributed by atoms with Crippen molar-refractivity contribution in [1.82, 2.24) is 4.57 Å². The van der Waals surface area contributed by atoms with E-state index in [4.69, 9.17) is 14.2 Å². The second-order valence-corrected chi connectivity index (χ2v) is 7.02. The smallest absolute Gasteiger partial charge is 0.244 e. The first-order valence-corrected chi connectivity index (χ1v) is 9.94. The van der Waals surface area contributed by atoms with Gasteiger partial charge in [0.1, 0.15) is 30.4 Å². The van der Waals surface area contributed by atoms with E-state index in [0.29, 0.717) is 23.8 Å². The van der Waals surface area contributed by atoms with Crippen molar-refractivity contribution in [3.05, 3.63) is 84.6 Å². The second-order valence-electron chi connectivity index (χ2n) is 7.02. The number of fused-ring (bicyclic) bond motifs is 1. The molecule has 0 fully saturated rings. The molecule has 1 amide bonds. The number of nitrogens with zero attached hydrogens (tertiary/aromatic N) is 1. The van der Waals surface area contributed by atoms with Gasteiger partial charge in [0.15, 0.2) is 0 Å². The quantitative estimate of drug-likeness (QED) is 0.445. The van der Waals surface area contributed by atoms with Gasteiger partial charge in [-0.15, -0.1) is 0 Å². The molecule has 0 spiro atoms. The van der Waals surface area contributed by atoms with Crippen molar-refractivity contribution in [1.29, 1.82) is 0 Å². The largest absolute Gasteiger partial charge is 0.497 e. The Morgan fingerprint density at radius 2 is 1.74 bits per heavy atom. The SMILES string of the molecule is COc1ccc(OC)c(NC(=O)Cn2ccc3c(OCc4ccccc4)cccc32)c1. The molecule has 3 aromatic carbocycles. The van der Waals surface area contributed by atoms with Gasteiger partial charge in [0, 0.05) is 17.6 Å². The molecular formula is C25H24N2O4. The molecule has 0 saturated heterocycles. The van der Waals surface area contributed by atoms with Crippen LogP contribution in [0.15, 0.2) is 79.0 Å². The fourth-order valence-electron chi connectivity index (χ4n) is 3.45. The molecule has 0 bridgehead atoms. The van der Waals surface area contributed by atoms with Crippen LogP contribution in [0.4, 0.5) is 5.69 Å². The summed E-state index contributed by atoms with van der Waals surface area (Å²) in [7, 11) is 3.14. The molecule has 0 aliphatic heterocycles. The van der Waals surface area contributed by atoms with Crippen LogP contribution in [0.25, 0.3) is 10.9 Å².